The fourth-order valence-electron chi connectivity index (χ4n) is 3.06. The molecule has 134 valence electrons. The van der Waals surface area contributed by atoms with Crippen LogP contribution < -0.4 is 4.90 Å². The van der Waals surface area contributed by atoms with Crippen molar-refractivity contribution in [2.75, 3.05) is 11.4 Å². The molecule has 1 aliphatic carbocycles. The predicted octanol–water partition coefficient (Wildman–Crippen LogP) is 4.88. The van der Waals surface area contributed by atoms with Gasteiger partial charge < -0.3 is 4.42 Å². The number of fused-ring (bicyclic) bond motifs is 1. The molecule has 5 nitrogen and oxygen atoms in total. The molecule has 7 heteroatoms. The maximum Gasteiger partial charge on any atom is 0.280 e. The molecule has 0 N–H and O–H groups in total. The third-order valence-electron chi connectivity index (χ3n) is 4.35. The molecule has 3 aromatic heterocycles. The average molecular weight is 386 g/mol. The van der Waals surface area contributed by atoms with E-state index in [2.05, 4.69) is 11.6 Å². The number of hydrogen-bond acceptors (Lipinski definition) is 6. The molecule has 0 saturated carbocycles. The summed E-state index contributed by atoms with van der Waals surface area (Å²) in [6, 6.07) is 3.67. The lowest BCUT2D eigenvalue weighted by molar-refractivity contribution is 0.0985. The topological polar surface area (TPSA) is 59.2 Å². The van der Waals surface area contributed by atoms with E-state index in [1.807, 2.05) is 19.1 Å². The standard InChI is InChI=1S/C19H19N3O2S2/c1-3-10-22(19-20-13-7-4-5-9-15(13)26-19)18(23)16-12(2)25-17(21-16)14-8-6-11-24-14/h3,6,8,11H,1,4-5,7,9-10H2,2H3. The Bertz CT molecular complexity index is 917. The molecule has 1 aliphatic rings. The highest BCUT2D eigenvalue weighted by Crippen LogP contribution is 2.34. The first-order chi connectivity index (χ1) is 12.7. The molecule has 0 aliphatic heterocycles. The van der Waals surface area contributed by atoms with Crippen LogP contribution in [-0.2, 0) is 12.8 Å². The van der Waals surface area contributed by atoms with E-state index in [1.165, 1.54) is 29.1 Å². The maximum atomic E-state index is 13.2. The van der Waals surface area contributed by atoms with Crippen LogP contribution >= 0.6 is 22.7 Å². The first kappa shape index (κ1) is 17.2. The van der Waals surface area contributed by atoms with E-state index in [0.29, 0.717) is 23.0 Å². The lowest BCUT2D eigenvalue weighted by Gasteiger charge is -2.17. The number of rotatable bonds is 5. The third kappa shape index (κ3) is 3.12. The zero-order valence-electron chi connectivity index (χ0n) is 14.5. The van der Waals surface area contributed by atoms with Crippen molar-refractivity contribution in [2.24, 2.45) is 0 Å². The number of carbonyl (C=O) groups excluding carboxylic acids is 1. The smallest absolute Gasteiger partial charge is 0.280 e. The maximum absolute atomic E-state index is 13.2. The number of carbonyl (C=O) groups is 1. The molecule has 0 fully saturated rings. The fourth-order valence-corrected chi connectivity index (χ4v) is 5.09. The van der Waals surface area contributed by atoms with Crippen molar-refractivity contribution in [1.29, 1.82) is 0 Å². The lowest BCUT2D eigenvalue weighted by Crippen LogP contribution is -2.31. The van der Waals surface area contributed by atoms with Crippen LogP contribution in [0.1, 0.15) is 38.8 Å². The van der Waals surface area contributed by atoms with Gasteiger partial charge in [-0.15, -0.1) is 29.3 Å². The molecule has 0 radical (unpaired) electrons. The minimum atomic E-state index is -0.137. The summed E-state index contributed by atoms with van der Waals surface area (Å²) in [6.45, 7) is 6.13. The number of aromatic nitrogens is 2. The van der Waals surface area contributed by atoms with Gasteiger partial charge in [0, 0.05) is 16.3 Å². The van der Waals surface area contributed by atoms with Gasteiger partial charge in [0.25, 0.3) is 5.91 Å². The second kappa shape index (κ2) is 7.17. The Morgan fingerprint density at radius 3 is 2.92 bits per heavy atom. The highest BCUT2D eigenvalue weighted by molar-refractivity contribution is 7.16. The monoisotopic (exact) mass is 385 g/mol. The van der Waals surface area contributed by atoms with Gasteiger partial charge in [-0.1, -0.05) is 6.08 Å². The Morgan fingerprint density at radius 2 is 2.19 bits per heavy atom. The molecule has 0 bridgehead atoms. The molecule has 3 heterocycles. The SMILES string of the molecule is C=CCN(C(=O)c1nc(-c2ccco2)sc1C)c1nc2c(s1)CCCC2. The predicted molar refractivity (Wildman–Crippen MR) is 105 cm³/mol. The number of thiazole rings is 2. The summed E-state index contributed by atoms with van der Waals surface area (Å²) >= 11 is 3.08. The van der Waals surface area contributed by atoms with Crippen LogP contribution in [0.2, 0.25) is 0 Å². The van der Waals surface area contributed by atoms with E-state index in [9.17, 15) is 4.79 Å². The summed E-state index contributed by atoms with van der Waals surface area (Å²) < 4.78 is 5.41. The quantitative estimate of drug-likeness (QED) is 0.587. The first-order valence-corrected chi connectivity index (χ1v) is 10.2. The number of amides is 1. The number of anilines is 1. The van der Waals surface area contributed by atoms with Gasteiger partial charge in [0.05, 0.1) is 12.0 Å². The second-order valence-electron chi connectivity index (χ2n) is 6.18. The summed E-state index contributed by atoms with van der Waals surface area (Å²) in [7, 11) is 0. The zero-order valence-corrected chi connectivity index (χ0v) is 16.2. The Labute approximate surface area is 160 Å². The fraction of sp³-hybridized carbons (Fsp3) is 0.316. The van der Waals surface area contributed by atoms with Crippen LogP contribution in [0.25, 0.3) is 10.8 Å². The largest absolute Gasteiger partial charge is 0.462 e. The van der Waals surface area contributed by atoms with Crippen molar-refractivity contribution >= 4 is 33.7 Å². The summed E-state index contributed by atoms with van der Waals surface area (Å²) in [5.74, 6) is 0.541. The van der Waals surface area contributed by atoms with Crippen molar-refractivity contribution < 1.29 is 9.21 Å². The van der Waals surface area contributed by atoms with Crippen molar-refractivity contribution in [3.8, 4) is 10.8 Å². The van der Waals surface area contributed by atoms with Crippen LogP contribution in [0.5, 0.6) is 0 Å². The third-order valence-corrected chi connectivity index (χ3v) is 6.52. The van der Waals surface area contributed by atoms with Crippen molar-refractivity contribution in [1.82, 2.24) is 9.97 Å². The van der Waals surface area contributed by atoms with E-state index in [4.69, 9.17) is 9.40 Å². The Hall–Kier alpha value is -2.25. The van der Waals surface area contributed by atoms with Gasteiger partial charge in [0.1, 0.15) is 5.69 Å². The van der Waals surface area contributed by atoms with E-state index in [1.54, 1.807) is 28.6 Å². The minimum Gasteiger partial charge on any atom is -0.462 e. The van der Waals surface area contributed by atoms with Gasteiger partial charge in [0.15, 0.2) is 15.9 Å². The van der Waals surface area contributed by atoms with Crippen LogP contribution in [-0.4, -0.2) is 22.4 Å². The highest BCUT2D eigenvalue weighted by atomic mass is 32.1. The van der Waals surface area contributed by atoms with E-state index >= 15 is 0 Å². The molecule has 0 atom stereocenters. The molecule has 0 aromatic carbocycles. The molecule has 3 aromatic rings. The Morgan fingerprint density at radius 1 is 1.35 bits per heavy atom. The van der Waals surface area contributed by atoms with Gasteiger partial charge in [-0.05, 0) is 44.7 Å². The first-order valence-electron chi connectivity index (χ1n) is 8.60. The normalized spacial score (nSPS) is 13.4. The Kier molecular flexibility index (Phi) is 4.74. The van der Waals surface area contributed by atoms with Crippen molar-refractivity contribution in [3.63, 3.8) is 0 Å². The summed E-state index contributed by atoms with van der Waals surface area (Å²) in [5, 5.41) is 1.46. The van der Waals surface area contributed by atoms with Crippen molar-refractivity contribution in [2.45, 2.75) is 32.6 Å². The van der Waals surface area contributed by atoms with Crippen molar-refractivity contribution in [3.05, 3.63) is 52.2 Å². The van der Waals surface area contributed by atoms with Gasteiger partial charge in [-0.25, -0.2) is 9.97 Å². The number of furan rings is 1. The van der Waals surface area contributed by atoms with Gasteiger partial charge in [-0.3, -0.25) is 9.69 Å². The van der Waals surface area contributed by atoms with Crippen LogP contribution in [0.15, 0.2) is 35.5 Å². The summed E-state index contributed by atoms with van der Waals surface area (Å²) in [6.07, 6.45) is 7.76. The average Bonchev–Trinajstić information content (AvgIpc) is 3.37. The molecular formula is C19H19N3O2S2. The zero-order chi connectivity index (χ0) is 18.1. The molecule has 26 heavy (non-hydrogen) atoms. The summed E-state index contributed by atoms with van der Waals surface area (Å²) in [5.41, 5.74) is 1.60. The number of nitrogens with zero attached hydrogens (tertiary/aromatic N) is 3. The van der Waals surface area contributed by atoms with Crippen LogP contribution in [0.4, 0.5) is 5.13 Å². The van der Waals surface area contributed by atoms with E-state index in [0.717, 1.165) is 28.5 Å². The lowest BCUT2D eigenvalue weighted by atomic mass is 10.0. The summed E-state index contributed by atoms with van der Waals surface area (Å²) in [4.78, 5) is 26.3. The molecule has 0 saturated heterocycles. The molecule has 0 spiro atoms. The molecule has 4 rings (SSSR count). The van der Waals surface area contributed by atoms with E-state index in [-0.39, 0.29) is 5.91 Å². The Balaban J connectivity index is 1.68. The number of aryl methyl sites for hydroxylation is 3. The number of hydrogen-bond donors (Lipinski definition) is 0. The van der Waals surface area contributed by atoms with Gasteiger partial charge >= 0.3 is 0 Å². The van der Waals surface area contributed by atoms with Gasteiger partial charge in [0.2, 0.25) is 0 Å². The molecule has 1 amide bonds. The second-order valence-corrected chi connectivity index (χ2v) is 8.44. The van der Waals surface area contributed by atoms with E-state index < -0.39 is 0 Å². The van der Waals surface area contributed by atoms with Gasteiger partial charge in [-0.2, -0.15) is 0 Å². The molecular weight excluding hydrogens is 366 g/mol. The van der Waals surface area contributed by atoms with Crippen LogP contribution in [0, 0.1) is 6.92 Å². The minimum absolute atomic E-state index is 0.137. The molecule has 0 unspecified atom stereocenters. The highest BCUT2D eigenvalue weighted by Gasteiger charge is 2.27. The van der Waals surface area contributed by atoms with Crippen LogP contribution in [0.3, 0.4) is 0 Å².